The van der Waals surface area contributed by atoms with Crippen LogP contribution < -0.4 is 0 Å². The molecule has 3 rings (SSSR count). The van der Waals surface area contributed by atoms with E-state index < -0.39 is 0 Å². The van der Waals surface area contributed by atoms with E-state index in [2.05, 4.69) is 10.3 Å². The van der Waals surface area contributed by atoms with E-state index in [4.69, 9.17) is 11.6 Å². The van der Waals surface area contributed by atoms with Crippen LogP contribution in [0.15, 0.2) is 60.8 Å². The maximum absolute atomic E-state index is 6.14. The molecule has 0 N–H and O–H groups in total. The van der Waals surface area contributed by atoms with Crippen LogP contribution in [-0.4, -0.2) is 15.0 Å². The van der Waals surface area contributed by atoms with Crippen LogP contribution in [-0.2, 0) is 6.54 Å². The van der Waals surface area contributed by atoms with E-state index in [1.807, 2.05) is 60.8 Å². The van der Waals surface area contributed by atoms with E-state index in [0.717, 1.165) is 21.8 Å². The summed E-state index contributed by atoms with van der Waals surface area (Å²) in [6, 6.07) is 17.8. The van der Waals surface area contributed by atoms with Gasteiger partial charge in [0.1, 0.15) is 5.69 Å². The first-order valence-corrected chi connectivity index (χ1v) is 6.40. The Labute approximate surface area is 116 Å². The highest BCUT2D eigenvalue weighted by Gasteiger charge is 2.05. The van der Waals surface area contributed by atoms with E-state index in [-0.39, 0.29) is 0 Å². The quantitative estimate of drug-likeness (QED) is 0.727. The number of aromatic nitrogens is 3. The number of hydrogen-bond acceptors (Lipinski definition) is 2. The molecule has 3 aromatic rings. The summed E-state index contributed by atoms with van der Waals surface area (Å²) >= 11 is 6.14. The van der Waals surface area contributed by atoms with Crippen molar-refractivity contribution in [3.63, 3.8) is 0 Å². The SMILES string of the molecule is Clc1ccccc1Cn1cc(-c2ccccc2)nn1. The average Bonchev–Trinajstić information content (AvgIpc) is 2.91. The van der Waals surface area contributed by atoms with Gasteiger partial charge in [0.25, 0.3) is 0 Å². The lowest BCUT2D eigenvalue weighted by molar-refractivity contribution is 0.650. The van der Waals surface area contributed by atoms with Gasteiger partial charge in [0.05, 0.1) is 12.7 Å². The summed E-state index contributed by atoms with van der Waals surface area (Å²) < 4.78 is 1.80. The molecular formula is C15H12ClN3. The van der Waals surface area contributed by atoms with Gasteiger partial charge < -0.3 is 0 Å². The van der Waals surface area contributed by atoms with Gasteiger partial charge in [-0.15, -0.1) is 5.10 Å². The second-order valence-corrected chi connectivity index (χ2v) is 4.67. The number of hydrogen-bond donors (Lipinski definition) is 0. The number of benzene rings is 2. The average molecular weight is 270 g/mol. The Hall–Kier alpha value is -2.13. The summed E-state index contributed by atoms with van der Waals surface area (Å²) in [6.07, 6.45) is 1.93. The Morgan fingerprint density at radius 3 is 2.47 bits per heavy atom. The van der Waals surface area contributed by atoms with Gasteiger partial charge in [0.2, 0.25) is 0 Å². The zero-order valence-electron chi connectivity index (χ0n) is 10.2. The Morgan fingerprint density at radius 2 is 1.68 bits per heavy atom. The Bertz CT molecular complexity index is 677. The fraction of sp³-hybridized carbons (Fsp3) is 0.0667. The van der Waals surface area contributed by atoms with Crippen LogP contribution in [0.3, 0.4) is 0 Å². The van der Waals surface area contributed by atoms with Crippen molar-refractivity contribution in [2.24, 2.45) is 0 Å². The standard InChI is InChI=1S/C15H12ClN3/c16-14-9-5-4-8-13(14)10-19-11-15(17-18-19)12-6-2-1-3-7-12/h1-9,11H,10H2. The second-order valence-electron chi connectivity index (χ2n) is 4.26. The normalized spacial score (nSPS) is 10.6. The smallest absolute Gasteiger partial charge is 0.113 e. The van der Waals surface area contributed by atoms with E-state index >= 15 is 0 Å². The minimum atomic E-state index is 0.625. The third-order valence-corrected chi connectivity index (χ3v) is 3.27. The van der Waals surface area contributed by atoms with E-state index in [1.54, 1.807) is 4.68 Å². The van der Waals surface area contributed by atoms with Crippen LogP contribution in [0.25, 0.3) is 11.3 Å². The molecule has 0 saturated heterocycles. The molecule has 2 aromatic carbocycles. The molecule has 0 aliphatic heterocycles. The summed E-state index contributed by atoms with van der Waals surface area (Å²) in [7, 11) is 0. The predicted octanol–water partition coefficient (Wildman–Crippen LogP) is 3.65. The van der Waals surface area contributed by atoms with Crippen molar-refractivity contribution in [3.05, 3.63) is 71.4 Å². The molecular weight excluding hydrogens is 258 g/mol. The van der Waals surface area contributed by atoms with E-state index in [9.17, 15) is 0 Å². The van der Waals surface area contributed by atoms with Gasteiger partial charge in [0.15, 0.2) is 0 Å². The van der Waals surface area contributed by atoms with Crippen molar-refractivity contribution in [3.8, 4) is 11.3 Å². The molecule has 0 bridgehead atoms. The van der Waals surface area contributed by atoms with Crippen molar-refractivity contribution < 1.29 is 0 Å². The molecule has 1 heterocycles. The van der Waals surface area contributed by atoms with Crippen LogP contribution in [0, 0.1) is 0 Å². The van der Waals surface area contributed by atoms with Crippen molar-refractivity contribution in [1.82, 2.24) is 15.0 Å². The molecule has 0 amide bonds. The molecule has 0 unspecified atom stereocenters. The summed E-state index contributed by atoms with van der Waals surface area (Å²) in [5.41, 5.74) is 2.97. The third kappa shape index (κ3) is 2.66. The van der Waals surface area contributed by atoms with Crippen molar-refractivity contribution in [2.75, 3.05) is 0 Å². The van der Waals surface area contributed by atoms with Gasteiger partial charge in [-0.05, 0) is 11.6 Å². The van der Waals surface area contributed by atoms with Gasteiger partial charge in [-0.1, -0.05) is 65.3 Å². The highest BCUT2D eigenvalue weighted by molar-refractivity contribution is 6.31. The number of rotatable bonds is 3. The molecule has 1 aromatic heterocycles. The van der Waals surface area contributed by atoms with Crippen molar-refractivity contribution in [2.45, 2.75) is 6.54 Å². The van der Waals surface area contributed by atoms with Crippen LogP contribution in [0.2, 0.25) is 5.02 Å². The summed E-state index contributed by atoms with van der Waals surface area (Å²) in [5.74, 6) is 0. The fourth-order valence-electron chi connectivity index (χ4n) is 1.92. The first kappa shape index (κ1) is 11.9. The van der Waals surface area contributed by atoms with Gasteiger partial charge in [-0.25, -0.2) is 4.68 Å². The minimum Gasteiger partial charge on any atom is -0.247 e. The van der Waals surface area contributed by atoms with Gasteiger partial charge in [-0.2, -0.15) is 0 Å². The van der Waals surface area contributed by atoms with Gasteiger partial charge in [-0.3, -0.25) is 0 Å². The Morgan fingerprint density at radius 1 is 0.947 bits per heavy atom. The molecule has 19 heavy (non-hydrogen) atoms. The molecule has 0 fully saturated rings. The molecule has 0 aliphatic carbocycles. The number of halogens is 1. The third-order valence-electron chi connectivity index (χ3n) is 2.90. The van der Waals surface area contributed by atoms with Crippen molar-refractivity contribution in [1.29, 1.82) is 0 Å². The molecule has 4 heteroatoms. The summed E-state index contributed by atoms with van der Waals surface area (Å²) in [4.78, 5) is 0. The largest absolute Gasteiger partial charge is 0.247 e. The van der Waals surface area contributed by atoms with E-state index in [1.165, 1.54) is 0 Å². The zero-order chi connectivity index (χ0) is 13.1. The lowest BCUT2D eigenvalue weighted by atomic mass is 10.2. The number of nitrogens with zero attached hydrogens (tertiary/aromatic N) is 3. The first-order valence-electron chi connectivity index (χ1n) is 6.02. The maximum Gasteiger partial charge on any atom is 0.113 e. The Balaban J connectivity index is 1.85. The first-order chi connectivity index (χ1) is 9.33. The molecule has 0 saturated carbocycles. The van der Waals surface area contributed by atoms with Crippen molar-refractivity contribution >= 4 is 11.6 Å². The molecule has 0 atom stereocenters. The lowest BCUT2D eigenvalue weighted by Gasteiger charge is -2.02. The molecule has 3 nitrogen and oxygen atoms in total. The molecule has 94 valence electrons. The maximum atomic E-state index is 6.14. The highest BCUT2D eigenvalue weighted by atomic mass is 35.5. The van der Waals surface area contributed by atoms with Crippen LogP contribution in [0.1, 0.15) is 5.56 Å². The minimum absolute atomic E-state index is 0.625. The highest BCUT2D eigenvalue weighted by Crippen LogP contribution is 2.18. The van der Waals surface area contributed by atoms with Crippen LogP contribution in [0.4, 0.5) is 0 Å². The monoisotopic (exact) mass is 269 g/mol. The van der Waals surface area contributed by atoms with Gasteiger partial charge >= 0.3 is 0 Å². The van der Waals surface area contributed by atoms with E-state index in [0.29, 0.717) is 6.54 Å². The van der Waals surface area contributed by atoms with Crippen LogP contribution >= 0.6 is 11.6 Å². The molecule has 0 aliphatic rings. The second kappa shape index (κ2) is 5.24. The molecule has 0 spiro atoms. The lowest BCUT2D eigenvalue weighted by Crippen LogP contribution is -2.00. The van der Waals surface area contributed by atoms with Crippen LogP contribution in [0.5, 0.6) is 0 Å². The fourth-order valence-corrected chi connectivity index (χ4v) is 2.11. The predicted molar refractivity (Wildman–Crippen MR) is 76.0 cm³/mol. The Kier molecular flexibility index (Phi) is 3.29. The molecule has 0 radical (unpaired) electrons. The topological polar surface area (TPSA) is 30.7 Å². The van der Waals surface area contributed by atoms with Gasteiger partial charge in [0, 0.05) is 10.6 Å². The summed E-state index contributed by atoms with van der Waals surface area (Å²) in [6.45, 7) is 0.625. The summed E-state index contributed by atoms with van der Waals surface area (Å²) in [5, 5.41) is 9.07. The zero-order valence-corrected chi connectivity index (χ0v) is 11.0.